The number of carbonyl (C=O) groups is 1. The van der Waals surface area contributed by atoms with Gasteiger partial charge in [-0.15, -0.1) is 0 Å². The van der Waals surface area contributed by atoms with Crippen molar-refractivity contribution in [2.75, 3.05) is 25.0 Å². The first-order valence-electron chi connectivity index (χ1n) is 7.28. The van der Waals surface area contributed by atoms with Gasteiger partial charge in [0.2, 0.25) is 5.91 Å². The van der Waals surface area contributed by atoms with Gasteiger partial charge in [0.25, 0.3) is 5.69 Å². The molecule has 0 unspecified atom stereocenters. The van der Waals surface area contributed by atoms with Gasteiger partial charge < -0.3 is 15.4 Å². The van der Waals surface area contributed by atoms with Crippen LogP contribution in [0.5, 0.6) is 0 Å². The maximum absolute atomic E-state index is 12.6. The first kappa shape index (κ1) is 18.0. The summed E-state index contributed by atoms with van der Waals surface area (Å²) in [6.07, 6.45) is -3.68. The lowest BCUT2D eigenvalue weighted by Gasteiger charge is -2.12. The Morgan fingerprint density at radius 1 is 1.38 bits per heavy atom. The van der Waals surface area contributed by atoms with Crippen LogP contribution in [0.15, 0.2) is 18.2 Å². The molecular weight excluding hydrogens is 331 g/mol. The molecule has 1 heterocycles. The predicted molar refractivity (Wildman–Crippen MR) is 78.6 cm³/mol. The molecule has 2 N–H and O–H groups in total. The number of nitro benzene ring substituents is 1. The van der Waals surface area contributed by atoms with Crippen LogP contribution in [-0.2, 0) is 15.7 Å². The first-order valence-corrected chi connectivity index (χ1v) is 7.28. The molecule has 1 saturated heterocycles. The minimum Gasteiger partial charge on any atom is -0.378 e. The van der Waals surface area contributed by atoms with Gasteiger partial charge in [-0.1, -0.05) is 0 Å². The fourth-order valence-corrected chi connectivity index (χ4v) is 2.29. The number of halogens is 3. The maximum atomic E-state index is 12.6. The van der Waals surface area contributed by atoms with Crippen LogP contribution in [0.25, 0.3) is 0 Å². The summed E-state index contributed by atoms with van der Waals surface area (Å²) in [7, 11) is 0. The average molecular weight is 347 g/mol. The van der Waals surface area contributed by atoms with Crippen molar-refractivity contribution < 1.29 is 27.6 Å². The van der Waals surface area contributed by atoms with E-state index in [1.165, 1.54) is 0 Å². The molecule has 0 aromatic heterocycles. The van der Waals surface area contributed by atoms with Crippen LogP contribution in [0, 0.1) is 10.1 Å². The van der Waals surface area contributed by atoms with Crippen LogP contribution in [-0.4, -0.2) is 36.6 Å². The van der Waals surface area contributed by atoms with Gasteiger partial charge in [0.05, 0.1) is 10.5 Å². The topological polar surface area (TPSA) is 93.5 Å². The fourth-order valence-electron chi connectivity index (χ4n) is 2.29. The van der Waals surface area contributed by atoms with Crippen LogP contribution in [0.1, 0.15) is 18.4 Å². The van der Waals surface area contributed by atoms with Crippen LogP contribution in [0.2, 0.25) is 0 Å². The second kappa shape index (κ2) is 7.47. The normalized spacial score (nSPS) is 17.5. The molecule has 10 heteroatoms. The summed E-state index contributed by atoms with van der Waals surface area (Å²) in [5.41, 5.74) is -1.80. The Morgan fingerprint density at radius 2 is 2.12 bits per heavy atom. The molecule has 1 aliphatic heterocycles. The number of carbonyl (C=O) groups excluding carboxylic acids is 1. The summed E-state index contributed by atoms with van der Waals surface area (Å²) < 4.78 is 43.0. The lowest BCUT2D eigenvalue weighted by Crippen LogP contribution is -2.36. The third kappa shape index (κ3) is 4.57. The molecule has 0 spiro atoms. The van der Waals surface area contributed by atoms with E-state index in [-0.39, 0.29) is 24.7 Å². The molecule has 2 rings (SSSR count). The van der Waals surface area contributed by atoms with E-state index >= 15 is 0 Å². The number of anilines is 1. The van der Waals surface area contributed by atoms with Gasteiger partial charge in [-0.2, -0.15) is 13.2 Å². The molecule has 0 aliphatic carbocycles. The van der Waals surface area contributed by atoms with Crippen molar-refractivity contribution in [1.82, 2.24) is 5.32 Å². The van der Waals surface area contributed by atoms with Gasteiger partial charge in [0.15, 0.2) is 0 Å². The third-order valence-electron chi connectivity index (χ3n) is 3.48. The van der Waals surface area contributed by atoms with Crippen molar-refractivity contribution in [2.24, 2.45) is 0 Å². The number of hydrogen-bond donors (Lipinski definition) is 2. The fraction of sp³-hybridized carbons (Fsp3) is 0.500. The number of amides is 1. The number of benzene rings is 1. The smallest absolute Gasteiger partial charge is 0.378 e. The van der Waals surface area contributed by atoms with Gasteiger partial charge in [-0.05, 0) is 25.0 Å². The molecule has 0 radical (unpaired) electrons. The van der Waals surface area contributed by atoms with E-state index in [2.05, 4.69) is 10.6 Å². The van der Waals surface area contributed by atoms with Crippen LogP contribution < -0.4 is 10.6 Å². The highest BCUT2D eigenvalue weighted by atomic mass is 19.4. The number of nitro groups is 1. The van der Waals surface area contributed by atoms with Crippen molar-refractivity contribution in [1.29, 1.82) is 0 Å². The Balaban J connectivity index is 1.92. The second-order valence-corrected chi connectivity index (χ2v) is 5.21. The number of rotatable bonds is 6. The van der Waals surface area contributed by atoms with Gasteiger partial charge in [0.1, 0.15) is 11.8 Å². The largest absolute Gasteiger partial charge is 0.416 e. The zero-order valence-corrected chi connectivity index (χ0v) is 12.6. The van der Waals surface area contributed by atoms with Gasteiger partial charge in [-0.25, -0.2) is 0 Å². The van der Waals surface area contributed by atoms with E-state index in [4.69, 9.17) is 4.74 Å². The standard InChI is InChI=1S/C14H16F3N3O4/c15-14(16,17)9-3-4-10(11(8-9)20(22)23)18-5-6-19-13(21)12-2-1-7-24-12/h3-4,8,12,18H,1-2,5-7H2,(H,19,21)/t12-/m1/s1. The van der Waals surface area contributed by atoms with E-state index in [9.17, 15) is 28.1 Å². The predicted octanol–water partition coefficient (Wildman–Crippen LogP) is 2.32. The Kier molecular flexibility index (Phi) is 5.60. The summed E-state index contributed by atoms with van der Waals surface area (Å²) in [5, 5.41) is 16.2. The zero-order valence-electron chi connectivity index (χ0n) is 12.6. The highest BCUT2D eigenvalue weighted by molar-refractivity contribution is 5.81. The third-order valence-corrected chi connectivity index (χ3v) is 3.48. The summed E-state index contributed by atoms with van der Waals surface area (Å²) in [6, 6.07) is 2.25. The first-order chi connectivity index (χ1) is 11.3. The maximum Gasteiger partial charge on any atom is 0.416 e. The van der Waals surface area contributed by atoms with Crippen molar-refractivity contribution in [3.63, 3.8) is 0 Å². The van der Waals surface area contributed by atoms with E-state index in [0.717, 1.165) is 18.6 Å². The van der Waals surface area contributed by atoms with Crippen molar-refractivity contribution in [3.05, 3.63) is 33.9 Å². The Labute approximate surface area is 135 Å². The molecule has 1 aliphatic rings. The lowest BCUT2D eigenvalue weighted by atomic mass is 10.1. The van der Waals surface area contributed by atoms with E-state index in [0.29, 0.717) is 19.1 Å². The van der Waals surface area contributed by atoms with Gasteiger partial charge in [-0.3, -0.25) is 14.9 Å². The number of ether oxygens (including phenoxy) is 1. The summed E-state index contributed by atoms with van der Waals surface area (Å²) in [4.78, 5) is 21.7. The number of hydrogen-bond acceptors (Lipinski definition) is 5. The van der Waals surface area contributed by atoms with E-state index < -0.39 is 28.5 Å². The minimum absolute atomic E-state index is 0.0423. The van der Waals surface area contributed by atoms with Crippen molar-refractivity contribution in [2.45, 2.75) is 25.1 Å². The quantitative estimate of drug-likeness (QED) is 0.468. The monoisotopic (exact) mass is 347 g/mol. The molecule has 7 nitrogen and oxygen atoms in total. The van der Waals surface area contributed by atoms with Gasteiger partial charge >= 0.3 is 6.18 Å². The summed E-state index contributed by atoms with van der Waals surface area (Å²) in [6.45, 7) is 0.829. The minimum atomic E-state index is -4.65. The SMILES string of the molecule is O=C(NCCNc1ccc(C(F)(F)F)cc1[N+](=O)[O-])[C@H]1CCCO1. The van der Waals surface area contributed by atoms with Crippen LogP contribution in [0.3, 0.4) is 0 Å². The molecule has 0 bridgehead atoms. The van der Waals surface area contributed by atoms with Crippen molar-refractivity contribution >= 4 is 17.3 Å². The van der Waals surface area contributed by atoms with Gasteiger partial charge in [0, 0.05) is 25.8 Å². The lowest BCUT2D eigenvalue weighted by molar-refractivity contribution is -0.384. The number of nitrogens with zero attached hydrogens (tertiary/aromatic N) is 1. The molecule has 1 amide bonds. The molecule has 1 atom stereocenters. The van der Waals surface area contributed by atoms with E-state index in [1.807, 2.05) is 0 Å². The Morgan fingerprint density at radius 3 is 2.71 bits per heavy atom. The molecule has 132 valence electrons. The highest BCUT2D eigenvalue weighted by Crippen LogP contribution is 2.34. The van der Waals surface area contributed by atoms with Crippen LogP contribution in [0.4, 0.5) is 24.5 Å². The Hall–Kier alpha value is -2.36. The molecule has 1 aromatic carbocycles. The number of nitrogens with one attached hydrogen (secondary N) is 2. The molecule has 1 aromatic rings. The van der Waals surface area contributed by atoms with E-state index in [1.54, 1.807) is 0 Å². The number of alkyl halides is 3. The molecular formula is C14H16F3N3O4. The Bertz CT molecular complexity index is 616. The van der Waals surface area contributed by atoms with Crippen molar-refractivity contribution in [3.8, 4) is 0 Å². The molecule has 1 fully saturated rings. The second-order valence-electron chi connectivity index (χ2n) is 5.21. The summed E-state index contributed by atoms with van der Waals surface area (Å²) >= 11 is 0. The molecule has 24 heavy (non-hydrogen) atoms. The molecule has 0 saturated carbocycles. The highest BCUT2D eigenvalue weighted by Gasteiger charge is 2.33. The average Bonchev–Trinajstić information content (AvgIpc) is 3.04. The summed E-state index contributed by atoms with van der Waals surface area (Å²) in [5.74, 6) is -0.267. The zero-order chi connectivity index (χ0) is 17.7. The van der Waals surface area contributed by atoms with Crippen LogP contribution >= 0.6 is 0 Å².